The lowest BCUT2D eigenvalue weighted by atomic mass is 10.1. The van der Waals surface area contributed by atoms with Crippen molar-refractivity contribution in [3.05, 3.63) is 70.7 Å². The van der Waals surface area contributed by atoms with Gasteiger partial charge in [0.2, 0.25) is 0 Å². The summed E-state index contributed by atoms with van der Waals surface area (Å²) in [5.74, 6) is -1.33. The highest BCUT2D eigenvalue weighted by Gasteiger charge is 2.09. The van der Waals surface area contributed by atoms with E-state index in [1.165, 1.54) is 6.07 Å². The number of amides is 1. The molecule has 118 valence electrons. The molecule has 0 aliphatic heterocycles. The number of aliphatic carboxylic acids is 1. The first-order valence-electron chi connectivity index (χ1n) is 6.96. The minimum atomic E-state index is -0.921. The first-order valence-corrected chi connectivity index (χ1v) is 7.34. The van der Waals surface area contributed by atoms with Crippen molar-refractivity contribution in [3.8, 4) is 0 Å². The largest absolute Gasteiger partial charge is 0.481 e. The molecule has 0 spiro atoms. The van der Waals surface area contributed by atoms with Gasteiger partial charge in [-0.15, -0.1) is 0 Å². The zero-order chi connectivity index (χ0) is 16.7. The molecule has 2 N–H and O–H groups in total. The number of carbonyl (C=O) groups is 2. The van der Waals surface area contributed by atoms with E-state index in [0.717, 1.165) is 5.56 Å². The van der Waals surface area contributed by atoms with E-state index in [1.54, 1.807) is 18.2 Å². The molecule has 2 rings (SSSR count). The van der Waals surface area contributed by atoms with Crippen LogP contribution < -0.4 is 5.43 Å². The Balaban J connectivity index is 2.16. The quantitative estimate of drug-likeness (QED) is 0.629. The Labute approximate surface area is 138 Å². The summed E-state index contributed by atoms with van der Waals surface area (Å²) >= 11 is 5.85. The van der Waals surface area contributed by atoms with E-state index in [-0.39, 0.29) is 12.8 Å². The highest BCUT2D eigenvalue weighted by Crippen LogP contribution is 2.11. The molecular weight excluding hydrogens is 316 g/mol. The van der Waals surface area contributed by atoms with Gasteiger partial charge < -0.3 is 5.11 Å². The summed E-state index contributed by atoms with van der Waals surface area (Å²) in [6, 6.07) is 15.6. The maximum atomic E-state index is 12.1. The van der Waals surface area contributed by atoms with Crippen LogP contribution in [0.1, 0.15) is 28.8 Å². The summed E-state index contributed by atoms with van der Waals surface area (Å²) in [7, 11) is 0. The molecule has 0 aromatic heterocycles. The molecule has 23 heavy (non-hydrogen) atoms. The molecule has 0 unspecified atom stereocenters. The van der Waals surface area contributed by atoms with Crippen LogP contribution in [0.4, 0.5) is 0 Å². The van der Waals surface area contributed by atoms with Gasteiger partial charge in [-0.2, -0.15) is 5.10 Å². The summed E-state index contributed by atoms with van der Waals surface area (Å²) in [6.07, 6.45) is 0.149. The second-order valence-corrected chi connectivity index (χ2v) is 5.21. The number of benzene rings is 2. The first kappa shape index (κ1) is 16.7. The van der Waals surface area contributed by atoms with Crippen LogP contribution in [-0.4, -0.2) is 22.7 Å². The molecule has 5 nitrogen and oxygen atoms in total. The molecule has 6 heteroatoms. The number of rotatable bonds is 6. The molecule has 0 heterocycles. The third-order valence-corrected chi connectivity index (χ3v) is 3.30. The third kappa shape index (κ3) is 5.23. The minimum Gasteiger partial charge on any atom is -0.481 e. The van der Waals surface area contributed by atoms with E-state index in [9.17, 15) is 9.59 Å². The highest BCUT2D eigenvalue weighted by atomic mass is 35.5. The van der Waals surface area contributed by atoms with Gasteiger partial charge in [0, 0.05) is 17.0 Å². The van der Waals surface area contributed by atoms with E-state index < -0.39 is 11.9 Å². The number of nitrogens with zero attached hydrogens (tertiary/aromatic N) is 1. The molecule has 0 bridgehead atoms. The van der Waals surface area contributed by atoms with E-state index in [2.05, 4.69) is 10.5 Å². The molecule has 0 atom stereocenters. The van der Waals surface area contributed by atoms with Gasteiger partial charge in [0.25, 0.3) is 5.91 Å². The Morgan fingerprint density at radius 2 is 1.70 bits per heavy atom. The highest BCUT2D eigenvalue weighted by molar-refractivity contribution is 6.30. The summed E-state index contributed by atoms with van der Waals surface area (Å²) < 4.78 is 0. The lowest BCUT2D eigenvalue weighted by molar-refractivity contribution is -0.136. The number of hydrogen-bond acceptors (Lipinski definition) is 3. The smallest absolute Gasteiger partial charge is 0.303 e. The lowest BCUT2D eigenvalue weighted by Gasteiger charge is -2.07. The maximum absolute atomic E-state index is 12.1. The van der Waals surface area contributed by atoms with Gasteiger partial charge in [-0.25, -0.2) is 5.43 Å². The molecule has 2 aromatic carbocycles. The lowest BCUT2D eigenvalue weighted by Crippen LogP contribution is -2.20. The van der Waals surface area contributed by atoms with Gasteiger partial charge in [0.1, 0.15) is 0 Å². The van der Waals surface area contributed by atoms with Crippen LogP contribution in [0.15, 0.2) is 59.7 Å². The first-order chi connectivity index (χ1) is 11.1. The molecular formula is C17H15ClN2O3. The molecule has 0 saturated heterocycles. The Hall–Kier alpha value is -2.66. The Morgan fingerprint density at radius 3 is 2.35 bits per heavy atom. The summed E-state index contributed by atoms with van der Waals surface area (Å²) in [5, 5.41) is 13.4. The fourth-order valence-corrected chi connectivity index (χ4v) is 2.12. The van der Waals surface area contributed by atoms with Crippen molar-refractivity contribution in [1.29, 1.82) is 0 Å². The maximum Gasteiger partial charge on any atom is 0.303 e. The Bertz CT molecular complexity index is 730. The zero-order valence-corrected chi connectivity index (χ0v) is 13.0. The van der Waals surface area contributed by atoms with Gasteiger partial charge in [0.05, 0.1) is 12.1 Å². The second kappa shape index (κ2) is 8.10. The monoisotopic (exact) mass is 330 g/mol. The van der Waals surface area contributed by atoms with Crippen LogP contribution in [0, 0.1) is 0 Å². The van der Waals surface area contributed by atoms with Crippen molar-refractivity contribution in [2.24, 2.45) is 5.10 Å². The topological polar surface area (TPSA) is 78.8 Å². The van der Waals surface area contributed by atoms with Crippen molar-refractivity contribution in [1.82, 2.24) is 5.43 Å². The van der Waals surface area contributed by atoms with Crippen LogP contribution in [-0.2, 0) is 4.79 Å². The molecule has 0 saturated carbocycles. The molecule has 1 amide bonds. The third-order valence-electron chi connectivity index (χ3n) is 3.06. The van der Waals surface area contributed by atoms with E-state index in [4.69, 9.17) is 16.7 Å². The molecule has 0 aliphatic rings. The SMILES string of the molecule is O=C(O)CC/C(=N/NC(=O)c1cccc(Cl)c1)c1ccccc1. The van der Waals surface area contributed by atoms with Crippen molar-refractivity contribution in [2.75, 3.05) is 0 Å². The van der Waals surface area contributed by atoms with Gasteiger partial charge in [-0.05, 0) is 23.8 Å². The number of hydrazone groups is 1. The summed E-state index contributed by atoms with van der Waals surface area (Å²) in [4.78, 5) is 22.9. The molecule has 0 radical (unpaired) electrons. The van der Waals surface area contributed by atoms with Crippen molar-refractivity contribution in [2.45, 2.75) is 12.8 Å². The number of carboxylic acids is 1. The van der Waals surface area contributed by atoms with Crippen LogP contribution in [0.25, 0.3) is 0 Å². The predicted octanol–water partition coefficient (Wildman–Crippen LogP) is 3.34. The number of carboxylic acid groups (broad SMARTS) is 1. The zero-order valence-electron chi connectivity index (χ0n) is 12.2. The number of nitrogens with one attached hydrogen (secondary N) is 1. The molecule has 0 fully saturated rings. The van der Waals surface area contributed by atoms with Gasteiger partial charge in [0.15, 0.2) is 0 Å². The molecule has 2 aromatic rings. The molecule has 0 aliphatic carbocycles. The van der Waals surface area contributed by atoms with Crippen molar-refractivity contribution >= 4 is 29.2 Å². The summed E-state index contributed by atoms with van der Waals surface area (Å²) in [6.45, 7) is 0. The van der Waals surface area contributed by atoms with E-state index in [0.29, 0.717) is 16.3 Å². The Kier molecular flexibility index (Phi) is 5.88. The fourth-order valence-electron chi connectivity index (χ4n) is 1.93. The van der Waals surface area contributed by atoms with Gasteiger partial charge >= 0.3 is 5.97 Å². The number of hydrogen-bond donors (Lipinski definition) is 2. The Morgan fingerprint density at radius 1 is 1.00 bits per heavy atom. The van der Waals surface area contributed by atoms with Crippen LogP contribution in [0.2, 0.25) is 5.02 Å². The van der Waals surface area contributed by atoms with Crippen LogP contribution >= 0.6 is 11.6 Å². The average molecular weight is 331 g/mol. The summed E-state index contributed by atoms with van der Waals surface area (Å²) in [5.41, 5.74) is 4.09. The number of halogens is 1. The van der Waals surface area contributed by atoms with Crippen LogP contribution in [0.3, 0.4) is 0 Å². The van der Waals surface area contributed by atoms with Gasteiger partial charge in [-0.3, -0.25) is 9.59 Å². The second-order valence-electron chi connectivity index (χ2n) is 4.77. The van der Waals surface area contributed by atoms with E-state index >= 15 is 0 Å². The normalized spacial score (nSPS) is 11.1. The standard InChI is InChI=1S/C17H15ClN2O3/c18-14-8-4-7-13(11-14)17(23)20-19-15(9-10-16(21)22)12-5-2-1-3-6-12/h1-8,11H,9-10H2,(H,20,23)(H,21,22)/b19-15-. The van der Waals surface area contributed by atoms with Crippen molar-refractivity contribution < 1.29 is 14.7 Å². The minimum absolute atomic E-state index is 0.0687. The number of carbonyl (C=O) groups excluding carboxylic acids is 1. The average Bonchev–Trinajstić information content (AvgIpc) is 2.55. The fraction of sp³-hybridized carbons (Fsp3) is 0.118. The predicted molar refractivity (Wildman–Crippen MR) is 88.8 cm³/mol. The van der Waals surface area contributed by atoms with Gasteiger partial charge in [-0.1, -0.05) is 48.0 Å². The van der Waals surface area contributed by atoms with E-state index in [1.807, 2.05) is 30.3 Å². The van der Waals surface area contributed by atoms with Crippen molar-refractivity contribution in [3.63, 3.8) is 0 Å². The van der Waals surface area contributed by atoms with Crippen LogP contribution in [0.5, 0.6) is 0 Å².